The molecule has 260 valence electrons. The van der Waals surface area contributed by atoms with Crippen molar-refractivity contribution in [3.05, 3.63) is 103 Å². The number of halogens is 1. The monoisotopic (exact) mass is 685 g/mol. The van der Waals surface area contributed by atoms with Gasteiger partial charge in [-0.15, -0.1) is 0 Å². The van der Waals surface area contributed by atoms with Crippen molar-refractivity contribution in [2.45, 2.75) is 83.7 Å². The first kappa shape index (κ1) is 36.2. The molecule has 0 saturated carbocycles. The number of nitrogens with one attached hydrogen (secondary N) is 1. The largest absolute Gasteiger partial charge is 0.444 e. The summed E-state index contributed by atoms with van der Waals surface area (Å²) in [5.74, 6) is -0.850. The minimum atomic E-state index is -2.93. The minimum absolute atomic E-state index is 0.0385. The van der Waals surface area contributed by atoms with Crippen LogP contribution in [0.15, 0.2) is 91.1 Å². The van der Waals surface area contributed by atoms with Gasteiger partial charge in [0.25, 0.3) is 14.2 Å². The van der Waals surface area contributed by atoms with E-state index in [1.165, 1.54) is 6.20 Å². The zero-order valence-corrected chi connectivity index (χ0v) is 30.7. The van der Waals surface area contributed by atoms with Crippen LogP contribution in [0.2, 0.25) is 5.04 Å². The zero-order valence-electron chi connectivity index (χ0n) is 29.7. The van der Waals surface area contributed by atoms with E-state index in [-0.39, 0.29) is 24.8 Å². The van der Waals surface area contributed by atoms with Gasteiger partial charge < -0.3 is 19.2 Å². The van der Waals surface area contributed by atoms with Crippen molar-refractivity contribution in [3.8, 4) is 0 Å². The number of hydrogen-bond donors (Lipinski definition) is 1. The molecule has 10 heteroatoms. The van der Waals surface area contributed by atoms with Crippen molar-refractivity contribution in [1.82, 2.24) is 15.2 Å². The molecule has 2 heterocycles. The highest BCUT2D eigenvalue weighted by Crippen LogP contribution is 2.37. The molecule has 2 atom stereocenters. The average molecular weight is 686 g/mol. The maximum absolute atomic E-state index is 14.5. The maximum atomic E-state index is 14.5. The van der Waals surface area contributed by atoms with Crippen LogP contribution in [0.4, 0.5) is 9.18 Å². The number of morpholine rings is 1. The molecular weight excluding hydrogens is 638 g/mol. The number of amides is 2. The van der Waals surface area contributed by atoms with Crippen LogP contribution in [0.1, 0.15) is 61.1 Å². The van der Waals surface area contributed by atoms with Crippen LogP contribution < -0.4 is 15.7 Å². The Bertz CT molecular complexity index is 1730. The van der Waals surface area contributed by atoms with E-state index in [0.717, 1.165) is 10.4 Å². The minimum Gasteiger partial charge on any atom is -0.444 e. The van der Waals surface area contributed by atoms with Gasteiger partial charge in [0.05, 0.1) is 43.2 Å². The lowest BCUT2D eigenvalue weighted by molar-refractivity contribution is -0.144. The molecule has 0 bridgehead atoms. The second-order valence-electron chi connectivity index (χ2n) is 15.2. The number of aromatic nitrogens is 1. The standard InChI is InChI=1S/C39H48FN3O5Si/c1-37(2,3)48-36(45)43-24-33(35(44)42-39(7,8)34-31-22-16-15-21-30(31)32(40)23-41-34)46-25-27(43)26-47-49(38(4,5)6,28-17-11-9-12-18-28)29-19-13-10-14-20-29/h9-23,27,33H,24-26H2,1-8H3,(H,42,44)/t27-,33-/m0/s1. The van der Waals surface area contributed by atoms with Gasteiger partial charge in [-0.1, -0.05) is 106 Å². The number of ether oxygens (including phenoxy) is 2. The summed E-state index contributed by atoms with van der Waals surface area (Å²) in [7, 11) is -2.93. The van der Waals surface area contributed by atoms with Crippen molar-refractivity contribution < 1.29 is 27.9 Å². The van der Waals surface area contributed by atoms with Crippen LogP contribution >= 0.6 is 0 Å². The molecule has 3 aromatic carbocycles. The summed E-state index contributed by atoms with van der Waals surface area (Å²) in [5.41, 5.74) is -1.21. The molecular formula is C39H48FN3O5Si. The van der Waals surface area contributed by atoms with Crippen molar-refractivity contribution in [1.29, 1.82) is 0 Å². The Morgan fingerprint density at radius 3 is 1.98 bits per heavy atom. The van der Waals surface area contributed by atoms with E-state index in [1.807, 2.05) is 77.1 Å². The molecule has 0 radical (unpaired) electrons. The van der Waals surface area contributed by atoms with Crippen LogP contribution in [-0.4, -0.2) is 67.7 Å². The first-order chi connectivity index (χ1) is 23.0. The van der Waals surface area contributed by atoms with Crippen LogP contribution in [-0.2, 0) is 24.2 Å². The number of pyridine rings is 1. The van der Waals surface area contributed by atoms with Crippen molar-refractivity contribution in [2.24, 2.45) is 0 Å². The van der Waals surface area contributed by atoms with Crippen LogP contribution in [0.3, 0.4) is 0 Å². The van der Waals surface area contributed by atoms with Gasteiger partial charge in [-0.2, -0.15) is 0 Å². The smallest absolute Gasteiger partial charge is 0.410 e. The number of rotatable bonds is 8. The fraction of sp³-hybridized carbons (Fsp3) is 0.410. The molecule has 0 unspecified atom stereocenters. The first-order valence-corrected chi connectivity index (χ1v) is 18.7. The fourth-order valence-corrected chi connectivity index (χ4v) is 11.2. The fourth-order valence-electron chi connectivity index (χ4n) is 6.63. The summed E-state index contributed by atoms with van der Waals surface area (Å²) in [6.07, 6.45) is -0.360. The number of benzene rings is 3. The first-order valence-electron chi connectivity index (χ1n) is 16.8. The van der Waals surface area contributed by atoms with E-state index in [4.69, 9.17) is 13.9 Å². The van der Waals surface area contributed by atoms with Gasteiger partial charge in [0.15, 0.2) is 6.10 Å². The summed E-state index contributed by atoms with van der Waals surface area (Å²) in [6.45, 7) is 15.9. The third kappa shape index (κ3) is 7.71. The zero-order chi connectivity index (χ0) is 35.6. The van der Waals surface area contributed by atoms with Gasteiger partial charge >= 0.3 is 6.09 Å². The molecule has 1 N–H and O–H groups in total. The van der Waals surface area contributed by atoms with Gasteiger partial charge in [0, 0.05) is 10.8 Å². The van der Waals surface area contributed by atoms with Crippen molar-refractivity contribution >= 4 is 41.5 Å². The second kappa shape index (κ2) is 14.0. The Labute approximate surface area is 290 Å². The van der Waals surface area contributed by atoms with E-state index in [0.29, 0.717) is 16.5 Å². The Kier molecular flexibility index (Phi) is 10.3. The molecule has 5 rings (SSSR count). The second-order valence-corrected chi connectivity index (χ2v) is 19.5. The van der Waals surface area contributed by atoms with Crippen LogP contribution in [0, 0.1) is 5.82 Å². The molecule has 4 aromatic rings. The van der Waals surface area contributed by atoms with Gasteiger partial charge in [0.1, 0.15) is 11.4 Å². The predicted molar refractivity (Wildman–Crippen MR) is 193 cm³/mol. The number of hydrogen-bond acceptors (Lipinski definition) is 6. The third-order valence-electron chi connectivity index (χ3n) is 8.90. The van der Waals surface area contributed by atoms with Gasteiger partial charge in [0.2, 0.25) is 0 Å². The number of fused-ring (bicyclic) bond motifs is 1. The highest BCUT2D eigenvalue weighted by molar-refractivity contribution is 6.99. The Hall–Kier alpha value is -4.12. The molecule has 1 saturated heterocycles. The molecule has 0 spiro atoms. The third-order valence-corrected chi connectivity index (χ3v) is 13.9. The van der Waals surface area contributed by atoms with E-state index >= 15 is 0 Å². The van der Waals surface area contributed by atoms with E-state index in [9.17, 15) is 14.0 Å². The van der Waals surface area contributed by atoms with Crippen molar-refractivity contribution in [2.75, 3.05) is 19.8 Å². The van der Waals surface area contributed by atoms with Gasteiger partial charge in [-0.05, 0) is 50.0 Å². The van der Waals surface area contributed by atoms with Crippen LogP contribution in [0.5, 0.6) is 0 Å². The Morgan fingerprint density at radius 2 is 1.43 bits per heavy atom. The van der Waals surface area contributed by atoms with Gasteiger partial charge in [-0.3, -0.25) is 14.7 Å². The lowest BCUT2D eigenvalue weighted by Crippen LogP contribution is -2.68. The molecule has 49 heavy (non-hydrogen) atoms. The SMILES string of the molecule is CC(C)(C)OC(=O)N1C[C@@H](C(=O)NC(C)(C)c2ncc(F)c3ccccc23)OC[C@H]1CO[Si](c1ccccc1)(c1ccccc1)C(C)(C)C. The molecule has 1 aliphatic rings. The highest BCUT2D eigenvalue weighted by atomic mass is 28.4. The quantitative estimate of drug-likeness (QED) is 0.219. The maximum Gasteiger partial charge on any atom is 0.410 e. The molecule has 2 amide bonds. The Balaban J connectivity index is 1.42. The number of carbonyl (C=O) groups is 2. The molecule has 1 aliphatic heterocycles. The van der Waals surface area contributed by atoms with E-state index in [2.05, 4.69) is 55.3 Å². The topological polar surface area (TPSA) is 90.0 Å². The van der Waals surface area contributed by atoms with Crippen LogP contribution in [0.25, 0.3) is 10.8 Å². The summed E-state index contributed by atoms with van der Waals surface area (Å²) < 4.78 is 33.8. The summed E-state index contributed by atoms with van der Waals surface area (Å²) in [4.78, 5) is 33.5. The normalized spacial score (nSPS) is 17.5. The Morgan fingerprint density at radius 1 is 0.878 bits per heavy atom. The van der Waals surface area contributed by atoms with E-state index in [1.54, 1.807) is 23.1 Å². The highest BCUT2D eigenvalue weighted by Gasteiger charge is 2.51. The summed E-state index contributed by atoms with van der Waals surface area (Å²) in [6, 6.07) is 27.1. The molecule has 0 aliphatic carbocycles. The summed E-state index contributed by atoms with van der Waals surface area (Å²) >= 11 is 0. The molecule has 1 fully saturated rings. The average Bonchev–Trinajstić information content (AvgIpc) is 3.04. The number of carbonyl (C=O) groups excluding carboxylic acids is 2. The molecule has 1 aromatic heterocycles. The van der Waals surface area contributed by atoms with E-state index < -0.39 is 49.4 Å². The van der Waals surface area contributed by atoms with Crippen molar-refractivity contribution in [3.63, 3.8) is 0 Å². The van der Waals surface area contributed by atoms with Gasteiger partial charge in [-0.25, -0.2) is 9.18 Å². The number of nitrogens with zero attached hydrogens (tertiary/aromatic N) is 2. The lowest BCUT2D eigenvalue weighted by atomic mass is 9.94. The lowest BCUT2D eigenvalue weighted by Gasteiger charge is -2.46. The predicted octanol–water partition coefficient (Wildman–Crippen LogP) is 6.31. The molecule has 8 nitrogen and oxygen atoms in total. The summed E-state index contributed by atoms with van der Waals surface area (Å²) in [5, 5.41) is 6.04.